The molecule has 0 aromatic rings. The first-order valence-electron chi connectivity index (χ1n) is 24.9. The molecule has 0 amide bonds. The van der Waals surface area contributed by atoms with Gasteiger partial charge in [-0.2, -0.15) is 0 Å². The van der Waals surface area contributed by atoms with Gasteiger partial charge in [-0.3, -0.25) is 14.4 Å². The zero-order valence-electron chi connectivity index (χ0n) is 38.1. The summed E-state index contributed by atoms with van der Waals surface area (Å²) in [5, 5.41) is 0. The minimum atomic E-state index is -0.759. The molecule has 0 fully saturated rings. The molecule has 0 N–H and O–H groups in total. The lowest BCUT2D eigenvalue weighted by Gasteiger charge is -2.18. The molecule has 0 rings (SSSR count). The Hall–Kier alpha value is -1.59. The van der Waals surface area contributed by atoms with Crippen molar-refractivity contribution in [3.05, 3.63) is 0 Å². The van der Waals surface area contributed by atoms with E-state index >= 15 is 0 Å². The van der Waals surface area contributed by atoms with Crippen LogP contribution in [-0.4, -0.2) is 37.2 Å². The highest BCUT2D eigenvalue weighted by Crippen LogP contribution is 2.17. The summed E-state index contributed by atoms with van der Waals surface area (Å²) in [5.41, 5.74) is 0. The lowest BCUT2D eigenvalue weighted by Crippen LogP contribution is -2.30. The normalized spacial score (nSPS) is 11.9. The average Bonchev–Trinajstić information content (AvgIpc) is 3.18. The van der Waals surface area contributed by atoms with Crippen LogP contribution < -0.4 is 0 Å². The molecule has 0 aliphatic rings. The van der Waals surface area contributed by atoms with E-state index in [1.54, 1.807) is 0 Å². The molecule has 0 saturated heterocycles. The first-order chi connectivity index (χ1) is 27.4. The summed E-state index contributed by atoms with van der Waals surface area (Å²) in [4.78, 5) is 37.7. The topological polar surface area (TPSA) is 78.9 Å². The second-order valence-corrected chi connectivity index (χ2v) is 17.6. The largest absolute Gasteiger partial charge is 0.462 e. The van der Waals surface area contributed by atoms with Crippen LogP contribution in [0.15, 0.2) is 0 Å². The fourth-order valence-electron chi connectivity index (χ4n) is 7.51. The molecule has 0 aromatic carbocycles. The maximum absolute atomic E-state index is 12.7. The minimum absolute atomic E-state index is 0.0642. The Balaban J connectivity index is 4.18. The first-order valence-corrected chi connectivity index (χ1v) is 24.9. The predicted octanol–water partition coefficient (Wildman–Crippen LogP) is 15.9. The van der Waals surface area contributed by atoms with Crippen molar-refractivity contribution < 1.29 is 28.6 Å². The Morgan fingerprint density at radius 1 is 0.339 bits per heavy atom. The number of esters is 3. The maximum atomic E-state index is 12.7. The van der Waals surface area contributed by atoms with E-state index in [4.69, 9.17) is 14.2 Å². The van der Waals surface area contributed by atoms with Crippen molar-refractivity contribution in [3.63, 3.8) is 0 Å². The highest BCUT2D eigenvalue weighted by atomic mass is 16.6. The molecule has 0 heterocycles. The Kier molecular flexibility index (Phi) is 43.2. The average molecular weight is 793 g/mol. The van der Waals surface area contributed by atoms with E-state index in [0.717, 1.165) is 63.7 Å². The molecule has 0 spiro atoms. The number of carbonyl (C=O) groups is 3. The summed E-state index contributed by atoms with van der Waals surface area (Å²) in [7, 11) is 0. The molecule has 56 heavy (non-hydrogen) atoms. The van der Waals surface area contributed by atoms with Gasteiger partial charge in [-0.05, 0) is 25.2 Å². The van der Waals surface area contributed by atoms with Gasteiger partial charge in [0.25, 0.3) is 0 Å². The van der Waals surface area contributed by atoms with E-state index < -0.39 is 6.10 Å². The van der Waals surface area contributed by atoms with E-state index in [1.807, 2.05) is 0 Å². The van der Waals surface area contributed by atoms with Crippen molar-refractivity contribution >= 4 is 17.9 Å². The summed E-state index contributed by atoms with van der Waals surface area (Å²) < 4.78 is 16.7. The molecule has 332 valence electrons. The fourth-order valence-corrected chi connectivity index (χ4v) is 7.51. The molecule has 6 heteroatoms. The van der Waals surface area contributed by atoms with E-state index in [0.29, 0.717) is 19.3 Å². The van der Waals surface area contributed by atoms with Crippen molar-refractivity contribution in [3.8, 4) is 0 Å². The minimum Gasteiger partial charge on any atom is -0.462 e. The van der Waals surface area contributed by atoms with E-state index in [9.17, 15) is 14.4 Å². The summed E-state index contributed by atoms with van der Waals surface area (Å²) >= 11 is 0. The van der Waals surface area contributed by atoms with Gasteiger partial charge >= 0.3 is 17.9 Å². The molecule has 6 nitrogen and oxygen atoms in total. The molecular weight excluding hydrogens is 697 g/mol. The van der Waals surface area contributed by atoms with Crippen LogP contribution in [0.2, 0.25) is 0 Å². The first kappa shape index (κ1) is 54.4. The van der Waals surface area contributed by atoms with Crippen molar-refractivity contribution in [2.45, 2.75) is 284 Å². The van der Waals surface area contributed by atoms with Gasteiger partial charge in [-0.15, -0.1) is 0 Å². The van der Waals surface area contributed by atoms with E-state index in [2.05, 4.69) is 27.7 Å². The second-order valence-electron chi connectivity index (χ2n) is 17.6. The third kappa shape index (κ3) is 43.5. The standard InChI is InChI=1S/C50H96O6/c1-5-7-9-11-13-14-15-16-17-18-19-20-21-22-23-26-31-35-39-43-50(53)56-47(44-54-48(51)41-37-33-28-12-10-8-6-2)45-55-49(52)42-38-34-30-27-24-25-29-32-36-40-46(3)4/h46-47H,5-45H2,1-4H3/t47-/m1/s1. The molecule has 0 aliphatic heterocycles. The zero-order chi connectivity index (χ0) is 41.0. The summed E-state index contributed by atoms with van der Waals surface area (Å²) in [6.07, 6.45) is 45.4. The third-order valence-electron chi connectivity index (χ3n) is 11.3. The Morgan fingerprint density at radius 2 is 0.589 bits per heavy atom. The number of carbonyl (C=O) groups excluding carboxylic acids is 3. The number of unbranched alkanes of at least 4 members (excludes halogenated alkanes) is 32. The highest BCUT2D eigenvalue weighted by Gasteiger charge is 2.19. The van der Waals surface area contributed by atoms with Crippen LogP contribution in [0.4, 0.5) is 0 Å². The van der Waals surface area contributed by atoms with Crippen LogP contribution in [0, 0.1) is 5.92 Å². The maximum Gasteiger partial charge on any atom is 0.306 e. The van der Waals surface area contributed by atoms with Crippen LogP contribution >= 0.6 is 0 Å². The molecule has 0 aliphatic carbocycles. The van der Waals surface area contributed by atoms with Crippen molar-refractivity contribution in [1.82, 2.24) is 0 Å². The number of hydrogen-bond donors (Lipinski definition) is 0. The molecule has 0 unspecified atom stereocenters. The SMILES string of the molecule is CCCCCCCCCCCCCCCCCCCCCC(=O)O[C@H](COC(=O)CCCCCCCCC)COC(=O)CCCCCCCCCCCC(C)C. The van der Waals surface area contributed by atoms with Gasteiger partial charge in [-0.1, -0.05) is 240 Å². The molecule has 1 atom stereocenters. The van der Waals surface area contributed by atoms with Gasteiger partial charge in [0.1, 0.15) is 13.2 Å². The number of rotatable bonds is 45. The van der Waals surface area contributed by atoms with Gasteiger partial charge in [0.05, 0.1) is 0 Å². The summed E-state index contributed by atoms with van der Waals surface area (Å²) in [6, 6.07) is 0. The van der Waals surface area contributed by atoms with Gasteiger partial charge in [0.2, 0.25) is 0 Å². The second kappa shape index (κ2) is 44.5. The third-order valence-corrected chi connectivity index (χ3v) is 11.3. The molecule has 0 bridgehead atoms. The number of hydrogen-bond acceptors (Lipinski definition) is 6. The quantitative estimate of drug-likeness (QED) is 0.0347. The van der Waals surface area contributed by atoms with E-state index in [1.165, 1.54) is 173 Å². The molecule has 0 saturated carbocycles. The predicted molar refractivity (Wildman–Crippen MR) is 238 cm³/mol. The van der Waals surface area contributed by atoms with Crippen LogP contribution in [0.1, 0.15) is 278 Å². The Morgan fingerprint density at radius 3 is 0.875 bits per heavy atom. The smallest absolute Gasteiger partial charge is 0.306 e. The van der Waals surface area contributed by atoms with Gasteiger partial charge in [-0.25, -0.2) is 0 Å². The van der Waals surface area contributed by atoms with Gasteiger partial charge in [0, 0.05) is 19.3 Å². The Bertz CT molecular complexity index is 841. The highest BCUT2D eigenvalue weighted by molar-refractivity contribution is 5.71. The van der Waals surface area contributed by atoms with E-state index in [-0.39, 0.29) is 31.1 Å². The lowest BCUT2D eigenvalue weighted by molar-refractivity contribution is -0.167. The van der Waals surface area contributed by atoms with Crippen LogP contribution in [0.5, 0.6) is 0 Å². The molecular formula is C50H96O6. The van der Waals surface area contributed by atoms with Crippen molar-refractivity contribution in [2.24, 2.45) is 5.92 Å². The van der Waals surface area contributed by atoms with Crippen LogP contribution in [0.3, 0.4) is 0 Å². The fraction of sp³-hybridized carbons (Fsp3) is 0.940. The summed E-state index contributed by atoms with van der Waals surface area (Å²) in [6.45, 7) is 8.96. The Labute approximate surface area is 348 Å². The van der Waals surface area contributed by atoms with Crippen molar-refractivity contribution in [1.29, 1.82) is 0 Å². The number of ether oxygens (including phenoxy) is 3. The van der Waals surface area contributed by atoms with Crippen LogP contribution in [0.25, 0.3) is 0 Å². The zero-order valence-corrected chi connectivity index (χ0v) is 38.1. The van der Waals surface area contributed by atoms with Gasteiger partial charge < -0.3 is 14.2 Å². The monoisotopic (exact) mass is 793 g/mol. The summed E-state index contributed by atoms with van der Waals surface area (Å²) in [5.74, 6) is -0.0476. The van der Waals surface area contributed by atoms with Crippen molar-refractivity contribution in [2.75, 3.05) is 13.2 Å². The molecule has 0 radical (unpaired) electrons. The van der Waals surface area contributed by atoms with Gasteiger partial charge in [0.15, 0.2) is 6.10 Å². The lowest BCUT2D eigenvalue weighted by atomic mass is 10.0. The molecule has 0 aromatic heterocycles. The van der Waals surface area contributed by atoms with Crippen LogP contribution in [-0.2, 0) is 28.6 Å².